The van der Waals surface area contributed by atoms with Gasteiger partial charge in [-0.05, 0) is 37.1 Å². The molecule has 0 bridgehead atoms. The van der Waals surface area contributed by atoms with Gasteiger partial charge in [-0.15, -0.1) is 0 Å². The number of nitrogens with one attached hydrogen (secondary N) is 1. The van der Waals surface area contributed by atoms with Crippen molar-refractivity contribution >= 4 is 5.95 Å². The molecule has 3 rings (SSSR count). The zero-order valence-electron chi connectivity index (χ0n) is 14.0. The molecule has 126 valence electrons. The maximum Gasteiger partial charge on any atom is 0.222 e. The predicted octanol–water partition coefficient (Wildman–Crippen LogP) is 2.53. The molecular weight excluding hydrogens is 314 g/mol. The van der Waals surface area contributed by atoms with E-state index in [-0.39, 0.29) is 0 Å². The number of rotatable bonds is 7. The molecule has 0 saturated heterocycles. The molecule has 3 aromatic rings. The van der Waals surface area contributed by atoms with Crippen molar-refractivity contribution in [3.05, 3.63) is 66.0 Å². The van der Waals surface area contributed by atoms with E-state index in [0.29, 0.717) is 17.3 Å². The first kappa shape index (κ1) is 16.6. The summed E-state index contributed by atoms with van der Waals surface area (Å²) >= 11 is 0. The van der Waals surface area contributed by atoms with Crippen LogP contribution in [0.3, 0.4) is 0 Å². The summed E-state index contributed by atoms with van der Waals surface area (Å²) in [5, 5.41) is 17.0. The van der Waals surface area contributed by atoms with Gasteiger partial charge in [0.25, 0.3) is 0 Å². The van der Waals surface area contributed by atoms with E-state index in [2.05, 4.69) is 31.4 Å². The van der Waals surface area contributed by atoms with Crippen LogP contribution in [-0.2, 0) is 6.54 Å². The molecule has 0 aliphatic rings. The lowest BCUT2D eigenvalue weighted by Gasteiger charge is -2.13. The summed E-state index contributed by atoms with van der Waals surface area (Å²) in [4.78, 5) is 13.1. The number of aryl methyl sites for hydroxylation is 2. The van der Waals surface area contributed by atoms with Crippen molar-refractivity contribution in [2.75, 3.05) is 11.9 Å². The fraction of sp³-hybridized carbons (Fsp3) is 0.278. The van der Waals surface area contributed by atoms with Gasteiger partial charge in [0.2, 0.25) is 5.95 Å². The first-order chi connectivity index (χ1) is 12.3. The summed E-state index contributed by atoms with van der Waals surface area (Å²) in [5.41, 5.74) is 2.25. The van der Waals surface area contributed by atoms with E-state index in [9.17, 15) is 5.26 Å². The molecule has 1 N–H and O–H groups in total. The number of hydrogen-bond acceptors (Lipinski definition) is 6. The maximum absolute atomic E-state index is 9.59. The van der Waals surface area contributed by atoms with Gasteiger partial charge in [0.1, 0.15) is 5.92 Å². The minimum absolute atomic E-state index is 0.506. The first-order valence-electron chi connectivity index (χ1n) is 8.13. The Morgan fingerprint density at radius 1 is 1.24 bits per heavy atom. The molecule has 0 aliphatic carbocycles. The number of pyridine rings is 1. The van der Waals surface area contributed by atoms with E-state index < -0.39 is 5.92 Å². The molecule has 0 saturated carbocycles. The van der Waals surface area contributed by atoms with E-state index in [4.69, 9.17) is 0 Å². The largest absolute Gasteiger partial charge is 0.354 e. The average molecular weight is 333 g/mol. The van der Waals surface area contributed by atoms with Crippen molar-refractivity contribution in [1.82, 2.24) is 24.7 Å². The van der Waals surface area contributed by atoms with Gasteiger partial charge in [-0.1, -0.05) is 6.07 Å². The Morgan fingerprint density at radius 2 is 2.16 bits per heavy atom. The molecule has 3 heterocycles. The van der Waals surface area contributed by atoms with Crippen LogP contribution in [0.2, 0.25) is 0 Å². The highest BCUT2D eigenvalue weighted by Crippen LogP contribution is 2.23. The fourth-order valence-corrected chi connectivity index (χ4v) is 2.52. The van der Waals surface area contributed by atoms with Gasteiger partial charge in [0, 0.05) is 37.9 Å². The number of hydrogen-bond donors (Lipinski definition) is 1. The second kappa shape index (κ2) is 8.02. The van der Waals surface area contributed by atoms with Gasteiger partial charge < -0.3 is 5.32 Å². The van der Waals surface area contributed by atoms with Crippen molar-refractivity contribution in [3.63, 3.8) is 0 Å². The van der Waals surface area contributed by atoms with Gasteiger partial charge >= 0.3 is 0 Å². The van der Waals surface area contributed by atoms with Gasteiger partial charge in [0.05, 0.1) is 17.5 Å². The minimum atomic E-state index is -0.506. The molecule has 1 atom stereocenters. The van der Waals surface area contributed by atoms with Crippen LogP contribution in [0, 0.1) is 18.3 Å². The summed E-state index contributed by atoms with van der Waals surface area (Å²) in [6.45, 7) is 3.46. The fourth-order valence-electron chi connectivity index (χ4n) is 2.52. The van der Waals surface area contributed by atoms with Crippen molar-refractivity contribution in [2.24, 2.45) is 0 Å². The molecular formula is C18H19N7. The second-order valence-electron chi connectivity index (χ2n) is 5.63. The lowest BCUT2D eigenvalue weighted by Crippen LogP contribution is -2.12. The molecule has 1 unspecified atom stereocenters. The van der Waals surface area contributed by atoms with Gasteiger partial charge in [-0.25, -0.2) is 9.97 Å². The van der Waals surface area contributed by atoms with Crippen LogP contribution in [0.15, 0.2) is 49.1 Å². The third kappa shape index (κ3) is 4.18. The topological polar surface area (TPSA) is 92.3 Å². The normalized spacial score (nSPS) is 11.7. The highest BCUT2D eigenvalue weighted by atomic mass is 15.3. The van der Waals surface area contributed by atoms with Crippen molar-refractivity contribution < 1.29 is 0 Å². The molecule has 0 spiro atoms. The molecule has 0 fully saturated rings. The van der Waals surface area contributed by atoms with Crippen molar-refractivity contribution in [3.8, 4) is 6.07 Å². The maximum atomic E-state index is 9.59. The molecule has 0 amide bonds. The van der Waals surface area contributed by atoms with Crippen molar-refractivity contribution in [2.45, 2.75) is 25.8 Å². The first-order valence-corrected chi connectivity index (χ1v) is 8.13. The smallest absolute Gasteiger partial charge is 0.222 e. The van der Waals surface area contributed by atoms with Crippen LogP contribution >= 0.6 is 0 Å². The Bertz CT molecular complexity index is 838. The number of aromatic nitrogens is 5. The summed E-state index contributed by atoms with van der Waals surface area (Å²) in [5.74, 6) is 0.0195. The van der Waals surface area contributed by atoms with E-state index in [0.717, 1.165) is 25.1 Å². The van der Waals surface area contributed by atoms with Crippen LogP contribution in [0.25, 0.3) is 0 Å². The molecule has 0 radical (unpaired) electrons. The molecule has 7 nitrogen and oxygen atoms in total. The molecule has 3 aromatic heterocycles. The number of anilines is 1. The van der Waals surface area contributed by atoms with Gasteiger partial charge in [-0.2, -0.15) is 10.4 Å². The molecule has 0 aromatic carbocycles. The summed E-state index contributed by atoms with van der Waals surface area (Å²) in [6, 6.07) is 9.74. The molecule has 25 heavy (non-hydrogen) atoms. The Morgan fingerprint density at radius 3 is 2.88 bits per heavy atom. The average Bonchev–Trinajstić information content (AvgIpc) is 3.16. The SMILES string of the molecule is Cc1cnc(NCCCn2cccn2)nc1C(C#N)c1ccccn1. The van der Waals surface area contributed by atoms with Crippen LogP contribution in [0.5, 0.6) is 0 Å². The predicted molar refractivity (Wildman–Crippen MR) is 93.8 cm³/mol. The summed E-state index contributed by atoms with van der Waals surface area (Å²) in [7, 11) is 0. The van der Waals surface area contributed by atoms with Gasteiger partial charge in [-0.3, -0.25) is 9.67 Å². The Labute approximate surface area is 146 Å². The highest BCUT2D eigenvalue weighted by Gasteiger charge is 2.19. The van der Waals surface area contributed by atoms with E-state index in [1.54, 1.807) is 18.6 Å². The van der Waals surface area contributed by atoms with Gasteiger partial charge in [0.15, 0.2) is 0 Å². The van der Waals surface area contributed by atoms with E-state index >= 15 is 0 Å². The zero-order chi connectivity index (χ0) is 17.5. The monoisotopic (exact) mass is 333 g/mol. The Hall–Kier alpha value is -3.27. The number of nitrogens with zero attached hydrogens (tertiary/aromatic N) is 6. The van der Waals surface area contributed by atoms with Crippen LogP contribution in [0.4, 0.5) is 5.95 Å². The van der Waals surface area contributed by atoms with Crippen molar-refractivity contribution in [1.29, 1.82) is 5.26 Å². The second-order valence-corrected chi connectivity index (χ2v) is 5.63. The third-order valence-electron chi connectivity index (χ3n) is 3.80. The standard InChI is InChI=1S/C18H19N7/c1-14-13-22-18(21-8-4-10-25-11-5-9-23-25)24-17(14)15(12-19)16-6-2-3-7-20-16/h2-3,5-7,9,11,13,15H,4,8,10H2,1H3,(H,21,22,24). The molecule has 7 heteroatoms. The van der Waals surface area contributed by atoms with E-state index in [1.165, 1.54) is 0 Å². The van der Waals surface area contributed by atoms with E-state index in [1.807, 2.05) is 42.1 Å². The highest BCUT2D eigenvalue weighted by molar-refractivity contribution is 5.38. The Balaban J connectivity index is 1.68. The zero-order valence-corrected chi connectivity index (χ0v) is 14.0. The lowest BCUT2D eigenvalue weighted by atomic mass is 9.99. The van der Waals surface area contributed by atoms with Crippen LogP contribution < -0.4 is 5.32 Å². The summed E-state index contributed by atoms with van der Waals surface area (Å²) in [6.07, 6.45) is 8.03. The van der Waals surface area contributed by atoms with Crippen LogP contribution in [-0.4, -0.2) is 31.3 Å². The third-order valence-corrected chi connectivity index (χ3v) is 3.80. The summed E-state index contributed by atoms with van der Waals surface area (Å²) < 4.78 is 1.88. The van der Waals surface area contributed by atoms with Crippen LogP contribution in [0.1, 0.15) is 29.3 Å². The quantitative estimate of drug-likeness (QED) is 0.668. The number of nitriles is 1. The lowest BCUT2D eigenvalue weighted by molar-refractivity contribution is 0.591. The molecule has 0 aliphatic heterocycles. The minimum Gasteiger partial charge on any atom is -0.354 e. The Kier molecular flexibility index (Phi) is 5.32.